The first-order valence-electron chi connectivity index (χ1n) is 5.77. The topological polar surface area (TPSA) is 32.3 Å². The molecule has 0 bridgehead atoms. The average Bonchev–Trinajstić information content (AvgIpc) is 2.44. The van der Waals surface area contributed by atoms with E-state index in [4.69, 9.17) is 0 Å². The highest BCUT2D eigenvalue weighted by molar-refractivity contribution is 5.95. The lowest BCUT2D eigenvalue weighted by atomic mass is 10.1. The fourth-order valence-corrected chi connectivity index (χ4v) is 2.14. The molecule has 3 nitrogen and oxygen atoms in total. The molecular weight excluding hydrogens is 200 g/mol. The minimum absolute atomic E-state index is 0.171. The van der Waals surface area contributed by atoms with Crippen molar-refractivity contribution in [3.8, 4) is 0 Å². The summed E-state index contributed by atoms with van der Waals surface area (Å²) in [6, 6.07) is 6.24. The van der Waals surface area contributed by atoms with E-state index in [0.717, 1.165) is 25.2 Å². The molecule has 0 radical (unpaired) electrons. The van der Waals surface area contributed by atoms with Crippen LogP contribution in [0.4, 0.5) is 5.69 Å². The van der Waals surface area contributed by atoms with Gasteiger partial charge >= 0.3 is 0 Å². The van der Waals surface area contributed by atoms with E-state index in [1.54, 1.807) is 0 Å². The van der Waals surface area contributed by atoms with E-state index in [0.29, 0.717) is 6.54 Å². The molecule has 0 unspecified atom stereocenters. The number of amides is 1. The second-order valence-corrected chi connectivity index (χ2v) is 4.37. The van der Waals surface area contributed by atoms with Crippen LogP contribution in [0.15, 0.2) is 18.2 Å². The van der Waals surface area contributed by atoms with Crippen molar-refractivity contribution in [3.63, 3.8) is 0 Å². The van der Waals surface area contributed by atoms with Crippen LogP contribution in [-0.4, -0.2) is 25.5 Å². The third-order valence-corrected chi connectivity index (χ3v) is 2.96. The molecule has 1 N–H and O–H groups in total. The van der Waals surface area contributed by atoms with Gasteiger partial charge < -0.3 is 10.2 Å². The molecule has 0 atom stereocenters. The van der Waals surface area contributed by atoms with Crippen LogP contribution in [0.1, 0.15) is 17.5 Å². The van der Waals surface area contributed by atoms with Gasteiger partial charge in [0.25, 0.3) is 0 Å². The summed E-state index contributed by atoms with van der Waals surface area (Å²) in [5.41, 5.74) is 3.47. The molecular formula is C13H18N2O. The van der Waals surface area contributed by atoms with E-state index in [2.05, 4.69) is 31.3 Å². The molecule has 16 heavy (non-hydrogen) atoms. The number of anilines is 1. The van der Waals surface area contributed by atoms with Crippen molar-refractivity contribution in [2.45, 2.75) is 20.3 Å². The molecule has 0 saturated carbocycles. The van der Waals surface area contributed by atoms with Gasteiger partial charge in [0, 0.05) is 12.2 Å². The zero-order chi connectivity index (χ0) is 11.5. The van der Waals surface area contributed by atoms with Crippen LogP contribution in [0.2, 0.25) is 0 Å². The quantitative estimate of drug-likeness (QED) is 0.777. The first-order chi connectivity index (χ1) is 7.68. The van der Waals surface area contributed by atoms with E-state index in [-0.39, 0.29) is 5.91 Å². The molecule has 86 valence electrons. The van der Waals surface area contributed by atoms with Crippen molar-refractivity contribution in [2.24, 2.45) is 0 Å². The van der Waals surface area contributed by atoms with Crippen molar-refractivity contribution in [1.82, 2.24) is 5.32 Å². The van der Waals surface area contributed by atoms with Gasteiger partial charge in [0.15, 0.2) is 0 Å². The fraction of sp³-hybridized carbons (Fsp3) is 0.462. The average molecular weight is 218 g/mol. The minimum atomic E-state index is 0.171. The minimum Gasteiger partial charge on any atom is -0.311 e. The fourth-order valence-electron chi connectivity index (χ4n) is 2.14. The predicted molar refractivity (Wildman–Crippen MR) is 65.8 cm³/mol. The third-order valence-electron chi connectivity index (χ3n) is 2.96. The summed E-state index contributed by atoms with van der Waals surface area (Å²) in [4.78, 5) is 13.8. The number of carbonyl (C=O) groups excluding carboxylic acids is 1. The molecule has 1 fully saturated rings. The molecule has 2 rings (SSSR count). The highest BCUT2D eigenvalue weighted by Crippen LogP contribution is 2.22. The SMILES string of the molecule is Cc1ccc(N2CCCNCC2=O)c(C)c1. The van der Waals surface area contributed by atoms with Gasteiger partial charge in [0.2, 0.25) is 5.91 Å². The molecule has 0 aliphatic carbocycles. The van der Waals surface area contributed by atoms with E-state index in [1.807, 2.05) is 11.0 Å². The Morgan fingerprint density at radius 3 is 2.88 bits per heavy atom. The van der Waals surface area contributed by atoms with Gasteiger partial charge in [-0.2, -0.15) is 0 Å². The van der Waals surface area contributed by atoms with Crippen LogP contribution in [0.5, 0.6) is 0 Å². The number of nitrogens with one attached hydrogen (secondary N) is 1. The Morgan fingerprint density at radius 2 is 2.12 bits per heavy atom. The highest BCUT2D eigenvalue weighted by atomic mass is 16.2. The van der Waals surface area contributed by atoms with Crippen molar-refractivity contribution >= 4 is 11.6 Å². The molecule has 1 aromatic carbocycles. The molecule has 1 saturated heterocycles. The third kappa shape index (κ3) is 2.25. The van der Waals surface area contributed by atoms with Gasteiger partial charge in [0.05, 0.1) is 6.54 Å². The first kappa shape index (κ1) is 11.1. The lowest BCUT2D eigenvalue weighted by Gasteiger charge is -2.22. The van der Waals surface area contributed by atoms with Gasteiger partial charge in [-0.05, 0) is 38.4 Å². The molecule has 1 aromatic rings. The summed E-state index contributed by atoms with van der Waals surface area (Å²) in [7, 11) is 0. The summed E-state index contributed by atoms with van der Waals surface area (Å²) in [6.07, 6.45) is 1.01. The molecule has 1 amide bonds. The van der Waals surface area contributed by atoms with Gasteiger partial charge in [-0.15, -0.1) is 0 Å². The van der Waals surface area contributed by atoms with Crippen LogP contribution in [0, 0.1) is 13.8 Å². The van der Waals surface area contributed by atoms with Crippen LogP contribution in [0.25, 0.3) is 0 Å². The highest BCUT2D eigenvalue weighted by Gasteiger charge is 2.18. The second-order valence-electron chi connectivity index (χ2n) is 4.37. The number of hydrogen-bond acceptors (Lipinski definition) is 2. The zero-order valence-corrected chi connectivity index (χ0v) is 9.92. The molecule has 1 aliphatic heterocycles. The second kappa shape index (κ2) is 4.66. The molecule has 0 spiro atoms. The zero-order valence-electron chi connectivity index (χ0n) is 9.92. The number of aryl methyl sites for hydroxylation is 2. The number of carbonyl (C=O) groups is 1. The van der Waals surface area contributed by atoms with Crippen molar-refractivity contribution in [3.05, 3.63) is 29.3 Å². The lowest BCUT2D eigenvalue weighted by Crippen LogP contribution is -2.35. The summed E-state index contributed by atoms with van der Waals surface area (Å²) < 4.78 is 0. The summed E-state index contributed by atoms with van der Waals surface area (Å²) in [5.74, 6) is 0.171. The maximum Gasteiger partial charge on any atom is 0.240 e. The molecule has 0 aromatic heterocycles. The van der Waals surface area contributed by atoms with E-state index < -0.39 is 0 Å². The molecule has 3 heteroatoms. The van der Waals surface area contributed by atoms with Crippen LogP contribution >= 0.6 is 0 Å². The smallest absolute Gasteiger partial charge is 0.240 e. The molecule has 1 heterocycles. The predicted octanol–water partition coefficient (Wildman–Crippen LogP) is 1.63. The summed E-state index contributed by atoms with van der Waals surface area (Å²) >= 11 is 0. The largest absolute Gasteiger partial charge is 0.311 e. The van der Waals surface area contributed by atoms with E-state index in [1.165, 1.54) is 11.1 Å². The normalized spacial score (nSPS) is 17.4. The Balaban J connectivity index is 2.30. The monoisotopic (exact) mass is 218 g/mol. The van der Waals surface area contributed by atoms with Crippen LogP contribution in [-0.2, 0) is 4.79 Å². The van der Waals surface area contributed by atoms with Gasteiger partial charge in [-0.3, -0.25) is 4.79 Å². The van der Waals surface area contributed by atoms with Crippen molar-refractivity contribution in [1.29, 1.82) is 0 Å². The summed E-state index contributed by atoms with van der Waals surface area (Å²) in [6.45, 7) is 6.33. The summed E-state index contributed by atoms with van der Waals surface area (Å²) in [5, 5.41) is 3.14. The Kier molecular flexibility index (Phi) is 3.25. The van der Waals surface area contributed by atoms with Crippen LogP contribution in [0.3, 0.4) is 0 Å². The maximum absolute atomic E-state index is 11.9. The van der Waals surface area contributed by atoms with E-state index in [9.17, 15) is 4.79 Å². The Bertz CT molecular complexity index is 401. The number of rotatable bonds is 1. The van der Waals surface area contributed by atoms with Gasteiger partial charge in [0.1, 0.15) is 0 Å². The number of nitrogens with zero attached hydrogens (tertiary/aromatic N) is 1. The number of benzene rings is 1. The standard InChI is InChI=1S/C13H18N2O/c1-10-4-5-12(11(2)8-10)15-7-3-6-14-9-13(15)16/h4-5,8,14H,3,6-7,9H2,1-2H3. The molecule has 1 aliphatic rings. The first-order valence-corrected chi connectivity index (χ1v) is 5.77. The lowest BCUT2D eigenvalue weighted by molar-refractivity contribution is -0.117. The van der Waals surface area contributed by atoms with Crippen LogP contribution < -0.4 is 10.2 Å². The van der Waals surface area contributed by atoms with E-state index >= 15 is 0 Å². The van der Waals surface area contributed by atoms with Crippen molar-refractivity contribution in [2.75, 3.05) is 24.5 Å². The van der Waals surface area contributed by atoms with Gasteiger partial charge in [-0.1, -0.05) is 17.7 Å². The Morgan fingerprint density at radius 1 is 1.31 bits per heavy atom. The van der Waals surface area contributed by atoms with Crippen molar-refractivity contribution < 1.29 is 4.79 Å². The number of hydrogen-bond donors (Lipinski definition) is 1. The Hall–Kier alpha value is -1.35. The van der Waals surface area contributed by atoms with Gasteiger partial charge in [-0.25, -0.2) is 0 Å². The maximum atomic E-state index is 11.9. The Labute approximate surface area is 96.5 Å².